The number of aryl methyl sites for hydroxylation is 7. The van der Waals surface area contributed by atoms with Gasteiger partial charge in [-0.2, -0.15) is 0 Å². The average molecular weight is 1610 g/mol. The second kappa shape index (κ2) is 30.5. The molecule has 0 saturated carbocycles. The Morgan fingerprint density at radius 1 is 0.175 bits per heavy atom. The zero-order valence-electron chi connectivity index (χ0n) is 71.6. The third-order valence-corrected chi connectivity index (χ3v) is 26.5. The van der Waals surface area contributed by atoms with Crippen LogP contribution < -0.4 is 26.2 Å². The number of rotatable bonds is 14. The number of hydrogen-bond donors (Lipinski definition) is 0. The van der Waals surface area contributed by atoms with E-state index in [1.807, 2.05) is 0 Å². The summed E-state index contributed by atoms with van der Waals surface area (Å²) in [5.41, 5.74) is 48.3. The van der Waals surface area contributed by atoms with Gasteiger partial charge < -0.3 is 18.9 Å². The Bertz CT molecular complexity index is 7380. The number of para-hydroxylation sites is 2. The van der Waals surface area contributed by atoms with Gasteiger partial charge in [0.1, 0.15) is 0 Å². The largest absolute Gasteiger partial charge is 0.310 e. The van der Waals surface area contributed by atoms with Gasteiger partial charge in [0.2, 0.25) is 0 Å². The van der Waals surface area contributed by atoms with Gasteiger partial charge in [0.25, 0.3) is 6.71 Å². The third kappa shape index (κ3) is 12.8. The van der Waals surface area contributed by atoms with E-state index in [9.17, 15) is 0 Å². The summed E-state index contributed by atoms with van der Waals surface area (Å²) >= 11 is 0. The van der Waals surface area contributed by atoms with Gasteiger partial charge >= 0.3 is 0 Å². The molecule has 4 nitrogen and oxygen atoms in total. The maximum Gasteiger partial charge on any atom is 0.252 e. The van der Waals surface area contributed by atoms with Crippen LogP contribution >= 0.6 is 0 Å². The van der Waals surface area contributed by atoms with E-state index in [4.69, 9.17) is 0 Å². The van der Waals surface area contributed by atoms with Crippen molar-refractivity contribution in [2.24, 2.45) is 0 Å². The van der Waals surface area contributed by atoms with E-state index in [2.05, 4.69) is 480 Å². The van der Waals surface area contributed by atoms with E-state index >= 15 is 0 Å². The topological polar surface area (TPSA) is 16.3 Å². The Labute approximate surface area is 737 Å². The van der Waals surface area contributed by atoms with Crippen LogP contribution in [0.5, 0.6) is 0 Å². The van der Waals surface area contributed by atoms with Crippen LogP contribution in [0, 0.1) is 48.5 Å². The Kier molecular flexibility index (Phi) is 18.3. The minimum atomic E-state index is -0.308. The zero-order valence-corrected chi connectivity index (χ0v) is 71.6. The van der Waals surface area contributed by atoms with Crippen molar-refractivity contribution in [1.29, 1.82) is 0 Å². The Balaban J connectivity index is 0.864. The van der Waals surface area contributed by atoms with Crippen molar-refractivity contribution >= 4 is 101 Å². The normalized spacial score (nSPS) is 12.2. The van der Waals surface area contributed by atoms with Crippen molar-refractivity contribution in [1.82, 2.24) is 9.13 Å². The van der Waals surface area contributed by atoms with Gasteiger partial charge in [0.15, 0.2) is 0 Å². The standard InChI is InChI=1S/C121H89BN4/c1-76-50-54-109-105(58-76)106-59-77(2)51-55-110(106)123(109)99-64-81(6)117-115(74-99)125(120-101(87-38-22-12-23-39-87)46-28-48-103(120)97-70-93(85-34-18-10-19-35-85)68-95(72-97)91-44-26-42-89(66-91)83-30-14-8-15-31-83)113-62-80(5)63-114-119(113)122(117)118-82(7)65-100(124-111-56-52-78(3)60-107(111)108-61-79(4)53-57-112(108)124)75-116(118)126(114)121-102(88-40-24-13-25-41-88)47-29-49-104(121)98-71-94(86-36-20-11-21-37-86)69-96(73-98)92-45-27-43-90(67-92)84-32-16-9-17-33-84/h8-75H,1-7H3. The maximum atomic E-state index is 2.75. The molecule has 5 heteroatoms. The molecule has 0 bridgehead atoms. The zero-order chi connectivity index (χ0) is 84.5. The molecule has 0 aliphatic carbocycles. The molecule has 0 spiro atoms. The number of nitrogens with zero attached hydrogens (tertiary/aromatic N) is 4. The van der Waals surface area contributed by atoms with Crippen molar-refractivity contribution in [2.75, 3.05) is 9.80 Å². The summed E-state index contributed by atoms with van der Waals surface area (Å²) in [7, 11) is 0. The minimum Gasteiger partial charge on any atom is -0.310 e. The molecule has 0 fully saturated rings. The molecule has 2 aromatic heterocycles. The molecular weight excluding hydrogens is 1520 g/mol. The highest BCUT2D eigenvalue weighted by atomic mass is 15.2. The lowest BCUT2D eigenvalue weighted by molar-refractivity contribution is 1.15. The number of benzene rings is 19. The van der Waals surface area contributed by atoms with Crippen LogP contribution in [-0.4, -0.2) is 15.8 Å². The highest BCUT2D eigenvalue weighted by Crippen LogP contribution is 2.56. The lowest BCUT2D eigenvalue weighted by Crippen LogP contribution is -2.63. The lowest BCUT2D eigenvalue weighted by Gasteiger charge is -2.47. The molecule has 19 aromatic carbocycles. The molecule has 23 rings (SSSR count). The quantitative estimate of drug-likeness (QED) is 0.101. The molecule has 0 N–H and O–H groups in total. The van der Waals surface area contributed by atoms with Crippen molar-refractivity contribution < 1.29 is 0 Å². The fourth-order valence-electron chi connectivity index (χ4n) is 20.8. The van der Waals surface area contributed by atoms with Crippen molar-refractivity contribution in [3.8, 4) is 123 Å². The smallest absolute Gasteiger partial charge is 0.252 e. The van der Waals surface area contributed by atoms with Crippen LogP contribution in [0.15, 0.2) is 413 Å². The molecule has 0 radical (unpaired) electrons. The minimum absolute atomic E-state index is 0.308. The molecule has 0 atom stereocenters. The van der Waals surface area contributed by atoms with E-state index in [-0.39, 0.29) is 6.71 Å². The van der Waals surface area contributed by atoms with Gasteiger partial charge in [-0.3, -0.25) is 0 Å². The molecule has 2 aliphatic rings. The molecule has 2 aliphatic heterocycles. The first kappa shape index (κ1) is 75.4. The summed E-state index contributed by atoms with van der Waals surface area (Å²) in [6.45, 7) is 15.8. The molecule has 21 aromatic rings. The van der Waals surface area contributed by atoms with E-state index < -0.39 is 0 Å². The molecule has 126 heavy (non-hydrogen) atoms. The summed E-state index contributed by atoms with van der Waals surface area (Å²) < 4.78 is 5.11. The third-order valence-electron chi connectivity index (χ3n) is 26.5. The van der Waals surface area contributed by atoms with Crippen molar-refractivity contribution in [3.05, 3.63) is 451 Å². The Morgan fingerprint density at radius 3 is 0.746 bits per heavy atom. The Hall–Kier alpha value is -15.6. The van der Waals surface area contributed by atoms with Gasteiger partial charge in [-0.25, -0.2) is 0 Å². The first-order valence-electron chi connectivity index (χ1n) is 44.0. The second-order valence-corrected chi connectivity index (χ2v) is 34.8. The summed E-state index contributed by atoms with van der Waals surface area (Å²) in [4.78, 5) is 5.49. The predicted octanol–water partition coefficient (Wildman–Crippen LogP) is 30.8. The fraction of sp³-hybridized carbons (Fsp3) is 0.0579. The van der Waals surface area contributed by atoms with Gasteiger partial charge in [-0.1, -0.05) is 312 Å². The van der Waals surface area contributed by atoms with Gasteiger partial charge in [-0.05, 0) is 293 Å². The molecular formula is C121H89BN4. The number of hydrogen-bond acceptors (Lipinski definition) is 2. The first-order valence-corrected chi connectivity index (χ1v) is 44.0. The van der Waals surface area contributed by atoms with Crippen LogP contribution in [0.3, 0.4) is 0 Å². The van der Waals surface area contributed by atoms with Gasteiger partial charge in [-0.15, -0.1) is 0 Å². The predicted molar refractivity (Wildman–Crippen MR) is 537 cm³/mol. The van der Waals surface area contributed by atoms with E-state index in [1.165, 1.54) is 116 Å². The van der Waals surface area contributed by atoms with Crippen LogP contribution in [0.25, 0.3) is 166 Å². The molecule has 0 saturated heterocycles. The summed E-state index contributed by atoms with van der Waals surface area (Å²) in [6, 6.07) is 156. The second-order valence-electron chi connectivity index (χ2n) is 34.8. The van der Waals surface area contributed by atoms with Crippen molar-refractivity contribution in [2.45, 2.75) is 48.5 Å². The average Bonchev–Trinajstić information content (AvgIpc) is 0.751. The maximum absolute atomic E-state index is 2.75. The summed E-state index contributed by atoms with van der Waals surface area (Å²) in [5.74, 6) is 0. The number of aromatic nitrogens is 2. The van der Waals surface area contributed by atoms with Gasteiger partial charge in [0.05, 0.1) is 33.4 Å². The number of fused-ring (bicyclic) bond motifs is 10. The van der Waals surface area contributed by atoms with E-state index in [0.29, 0.717) is 0 Å². The monoisotopic (exact) mass is 1610 g/mol. The lowest BCUT2D eigenvalue weighted by atomic mass is 9.32. The highest BCUT2D eigenvalue weighted by molar-refractivity contribution is 7.01. The highest BCUT2D eigenvalue weighted by Gasteiger charge is 2.47. The van der Waals surface area contributed by atoms with Crippen LogP contribution in [-0.2, 0) is 0 Å². The SMILES string of the molecule is Cc1cc2c3c(c1)N(c1c(-c4ccccc4)cccc1-c1cc(-c4ccccc4)cc(-c4cccc(-c5ccccc5)c4)c1)c1cc(-n4c5ccc(C)cc5c5cc(C)ccc54)cc(C)c1B3c1c(C)cc(-n3c4ccc(C)cc4c4cc(C)ccc43)cc1N2c1c(-c2ccccc2)cccc1-c1cc(-c2ccccc2)cc(-c2cccc(-c3ccccc3)c2)c1. The van der Waals surface area contributed by atoms with Crippen LogP contribution in [0.4, 0.5) is 34.1 Å². The van der Waals surface area contributed by atoms with Crippen LogP contribution in [0.2, 0.25) is 0 Å². The fourth-order valence-corrected chi connectivity index (χ4v) is 20.8. The Morgan fingerprint density at radius 2 is 0.421 bits per heavy atom. The summed E-state index contributed by atoms with van der Waals surface area (Å²) in [6.07, 6.45) is 0. The van der Waals surface area contributed by atoms with E-state index in [0.717, 1.165) is 140 Å². The first-order chi connectivity index (χ1) is 61.8. The summed E-state index contributed by atoms with van der Waals surface area (Å²) in [5, 5.41) is 4.96. The molecule has 0 unspecified atom stereocenters. The molecule has 0 amide bonds. The van der Waals surface area contributed by atoms with Gasteiger partial charge in [0, 0.05) is 77.9 Å². The van der Waals surface area contributed by atoms with Crippen molar-refractivity contribution in [3.63, 3.8) is 0 Å². The van der Waals surface area contributed by atoms with Crippen LogP contribution in [0.1, 0.15) is 38.9 Å². The molecule has 596 valence electrons. The molecule has 4 heterocycles. The van der Waals surface area contributed by atoms with E-state index in [1.54, 1.807) is 0 Å². The number of anilines is 6.